The average Bonchev–Trinajstić information content (AvgIpc) is 3.27. The number of benzene rings is 2. The third-order valence-corrected chi connectivity index (χ3v) is 7.54. The number of ether oxygens (including phenoxy) is 1. The Hall–Kier alpha value is -2.75. The van der Waals surface area contributed by atoms with Gasteiger partial charge >= 0.3 is 0 Å². The molecule has 2 aromatic heterocycles. The first-order valence-electron chi connectivity index (χ1n) is 8.87. The van der Waals surface area contributed by atoms with Crippen molar-refractivity contribution in [2.24, 2.45) is 0 Å². The third kappa shape index (κ3) is 3.83. The number of sulfonamides is 1. The van der Waals surface area contributed by atoms with Gasteiger partial charge in [0.25, 0.3) is 10.0 Å². The van der Waals surface area contributed by atoms with Crippen LogP contribution in [0.1, 0.15) is 11.1 Å². The predicted octanol–water partition coefficient (Wildman–Crippen LogP) is 4.45. The van der Waals surface area contributed by atoms with Gasteiger partial charge in [-0.15, -0.1) is 0 Å². The lowest BCUT2D eigenvalue weighted by molar-refractivity contribution is 0.414. The quantitative estimate of drug-likeness (QED) is 0.422. The van der Waals surface area contributed by atoms with Gasteiger partial charge in [-0.25, -0.2) is 17.7 Å². The molecule has 10 heteroatoms. The largest absolute Gasteiger partial charge is 0.497 e. The van der Waals surface area contributed by atoms with Crippen LogP contribution in [0.4, 0.5) is 5.13 Å². The molecule has 0 aliphatic carbocycles. The minimum absolute atomic E-state index is 0.103. The molecule has 0 fully saturated rings. The van der Waals surface area contributed by atoms with Crippen molar-refractivity contribution in [1.29, 1.82) is 0 Å². The van der Waals surface area contributed by atoms with Crippen LogP contribution in [0.2, 0.25) is 5.02 Å². The number of hydrogen-bond acceptors (Lipinski definition) is 7. The van der Waals surface area contributed by atoms with E-state index in [-0.39, 0.29) is 16.6 Å². The zero-order valence-corrected chi connectivity index (χ0v) is 18.5. The number of rotatable bonds is 6. The third-order valence-electron chi connectivity index (χ3n) is 4.68. The van der Waals surface area contributed by atoms with Gasteiger partial charge in [-0.2, -0.15) is 4.37 Å². The van der Waals surface area contributed by atoms with Crippen LogP contribution in [-0.4, -0.2) is 29.9 Å². The van der Waals surface area contributed by atoms with Crippen LogP contribution in [0.25, 0.3) is 10.9 Å². The zero-order valence-electron chi connectivity index (χ0n) is 16.1. The first kappa shape index (κ1) is 20.5. The minimum atomic E-state index is -3.93. The second-order valence-electron chi connectivity index (χ2n) is 6.50. The Bertz CT molecular complexity index is 1310. The van der Waals surface area contributed by atoms with Crippen molar-refractivity contribution in [2.75, 3.05) is 11.4 Å². The Morgan fingerprint density at radius 1 is 1.13 bits per heavy atom. The van der Waals surface area contributed by atoms with Crippen molar-refractivity contribution in [3.05, 3.63) is 71.1 Å². The van der Waals surface area contributed by atoms with Crippen LogP contribution in [0.3, 0.4) is 0 Å². The SMILES string of the molecule is COc1ccc(CN(c2ncns2)S(=O)(=O)c2ccc3c(Cl)ccnc3c2)c(C)c1. The maximum Gasteiger partial charge on any atom is 0.266 e. The normalized spacial score (nSPS) is 11.6. The molecule has 0 bridgehead atoms. The summed E-state index contributed by atoms with van der Waals surface area (Å²) in [5.41, 5.74) is 2.24. The Labute approximate surface area is 183 Å². The van der Waals surface area contributed by atoms with E-state index in [1.807, 2.05) is 19.1 Å². The van der Waals surface area contributed by atoms with Gasteiger partial charge in [0, 0.05) is 23.1 Å². The zero-order chi connectivity index (χ0) is 21.3. The van der Waals surface area contributed by atoms with E-state index in [0.29, 0.717) is 21.7 Å². The fraction of sp³-hybridized carbons (Fsp3) is 0.150. The predicted molar refractivity (Wildman–Crippen MR) is 118 cm³/mol. The second kappa shape index (κ2) is 8.17. The van der Waals surface area contributed by atoms with E-state index in [4.69, 9.17) is 16.3 Å². The molecule has 0 radical (unpaired) electrons. The molecular weight excluding hydrogens is 444 g/mol. The molecular formula is C20H17ClN4O3S2. The highest BCUT2D eigenvalue weighted by Gasteiger charge is 2.28. The van der Waals surface area contributed by atoms with Gasteiger partial charge in [0.1, 0.15) is 12.1 Å². The highest BCUT2D eigenvalue weighted by molar-refractivity contribution is 7.93. The number of fused-ring (bicyclic) bond motifs is 1. The summed E-state index contributed by atoms with van der Waals surface area (Å²) in [6, 6.07) is 11.9. The van der Waals surface area contributed by atoms with Crippen LogP contribution in [0, 0.1) is 6.92 Å². The number of anilines is 1. The van der Waals surface area contributed by atoms with Gasteiger partial charge in [-0.1, -0.05) is 17.7 Å². The van der Waals surface area contributed by atoms with Crippen molar-refractivity contribution < 1.29 is 13.2 Å². The molecule has 0 saturated carbocycles. The molecule has 0 spiro atoms. The first-order valence-corrected chi connectivity index (χ1v) is 11.5. The van der Waals surface area contributed by atoms with Crippen molar-refractivity contribution in [3.63, 3.8) is 0 Å². The minimum Gasteiger partial charge on any atom is -0.497 e. The number of pyridine rings is 1. The van der Waals surface area contributed by atoms with Gasteiger partial charge < -0.3 is 4.74 Å². The standard InChI is InChI=1S/C20H17ClN4O3S2/c1-13-9-15(28-2)4-3-14(13)11-25(20-23-12-24-29-20)30(26,27)16-5-6-17-18(21)7-8-22-19(17)10-16/h3-10,12H,11H2,1-2H3. The van der Waals surface area contributed by atoms with Crippen LogP contribution in [-0.2, 0) is 16.6 Å². The van der Waals surface area contributed by atoms with Crippen molar-refractivity contribution in [2.45, 2.75) is 18.4 Å². The molecule has 0 atom stereocenters. The highest BCUT2D eigenvalue weighted by Crippen LogP contribution is 2.30. The van der Waals surface area contributed by atoms with E-state index in [2.05, 4.69) is 14.3 Å². The number of halogens is 1. The molecule has 30 heavy (non-hydrogen) atoms. The van der Waals surface area contributed by atoms with E-state index in [1.165, 1.54) is 22.8 Å². The topological polar surface area (TPSA) is 85.3 Å². The molecule has 2 aromatic carbocycles. The molecule has 0 aliphatic rings. The van der Waals surface area contributed by atoms with Gasteiger partial charge in [-0.3, -0.25) is 4.98 Å². The van der Waals surface area contributed by atoms with Crippen molar-refractivity contribution in [3.8, 4) is 5.75 Å². The van der Waals surface area contributed by atoms with Crippen LogP contribution in [0.15, 0.2) is 59.9 Å². The molecule has 0 saturated heterocycles. The summed E-state index contributed by atoms with van der Waals surface area (Å²) in [4.78, 5) is 8.49. The van der Waals surface area contributed by atoms with E-state index in [1.54, 1.807) is 31.5 Å². The summed E-state index contributed by atoms with van der Waals surface area (Å²) in [7, 11) is -2.34. The fourth-order valence-electron chi connectivity index (χ4n) is 3.04. The molecule has 2 heterocycles. The van der Waals surface area contributed by atoms with E-state index in [0.717, 1.165) is 22.7 Å². The van der Waals surface area contributed by atoms with Crippen LogP contribution in [0.5, 0.6) is 5.75 Å². The van der Waals surface area contributed by atoms with Crippen molar-refractivity contribution in [1.82, 2.24) is 14.3 Å². The fourth-order valence-corrected chi connectivity index (χ4v) is 5.41. The Kier molecular flexibility index (Phi) is 5.59. The summed E-state index contributed by atoms with van der Waals surface area (Å²) >= 11 is 7.21. The number of aryl methyl sites for hydroxylation is 1. The summed E-state index contributed by atoms with van der Waals surface area (Å²) in [5.74, 6) is 0.707. The maximum atomic E-state index is 13.6. The summed E-state index contributed by atoms with van der Waals surface area (Å²) in [6.45, 7) is 2.01. The number of aromatic nitrogens is 3. The summed E-state index contributed by atoms with van der Waals surface area (Å²) in [5, 5.41) is 1.48. The average molecular weight is 461 g/mol. The number of nitrogens with zero attached hydrogens (tertiary/aromatic N) is 4. The molecule has 0 aliphatic heterocycles. The van der Waals surface area contributed by atoms with E-state index < -0.39 is 10.0 Å². The monoisotopic (exact) mass is 460 g/mol. The van der Waals surface area contributed by atoms with Crippen LogP contribution >= 0.6 is 23.1 Å². The lowest BCUT2D eigenvalue weighted by Gasteiger charge is -2.22. The smallest absolute Gasteiger partial charge is 0.266 e. The van der Waals surface area contributed by atoms with Gasteiger partial charge in [-0.05, 0) is 54.4 Å². The molecule has 154 valence electrons. The number of methoxy groups -OCH3 is 1. The molecule has 4 aromatic rings. The Morgan fingerprint density at radius 3 is 2.67 bits per heavy atom. The van der Waals surface area contributed by atoms with Gasteiger partial charge in [0.05, 0.1) is 29.1 Å². The first-order chi connectivity index (χ1) is 14.4. The summed E-state index contributed by atoms with van der Waals surface area (Å²) < 4.78 is 37.6. The summed E-state index contributed by atoms with van der Waals surface area (Å²) in [6.07, 6.45) is 2.88. The Morgan fingerprint density at radius 2 is 1.97 bits per heavy atom. The van der Waals surface area contributed by atoms with Crippen molar-refractivity contribution >= 4 is 49.2 Å². The molecule has 0 amide bonds. The lowest BCUT2D eigenvalue weighted by atomic mass is 10.1. The molecule has 0 N–H and O–H groups in total. The second-order valence-corrected chi connectivity index (χ2v) is 9.53. The maximum absolute atomic E-state index is 13.6. The number of hydrogen-bond donors (Lipinski definition) is 0. The van der Waals surface area contributed by atoms with Gasteiger partial charge in [0.2, 0.25) is 5.13 Å². The molecule has 4 rings (SSSR count). The van der Waals surface area contributed by atoms with E-state index >= 15 is 0 Å². The van der Waals surface area contributed by atoms with Gasteiger partial charge in [0.15, 0.2) is 0 Å². The highest BCUT2D eigenvalue weighted by atomic mass is 35.5. The Balaban J connectivity index is 1.79. The molecule has 0 unspecified atom stereocenters. The molecule has 7 nitrogen and oxygen atoms in total. The van der Waals surface area contributed by atoms with Crippen LogP contribution < -0.4 is 9.04 Å². The lowest BCUT2D eigenvalue weighted by Crippen LogP contribution is -2.30. The van der Waals surface area contributed by atoms with E-state index in [9.17, 15) is 8.42 Å².